The van der Waals surface area contributed by atoms with E-state index in [1.54, 1.807) is 21.1 Å². The summed E-state index contributed by atoms with van der Waals surface area (Å²) in [6.45, 7) is 14.2. The fourth-order valence-corrected chi connectivity index (χ4v) is 7.63. The highest BCUT2D eigenvalue weighted by Gasteiger charge is 2.45. The topological polar surface area (TPSA) is 125 Å². The molecule has 0 spiro atoms. The third kappa shape index (κ3) is 8.69. The lowest BCUT2D eigenvalue weighted by molar-refractivity contribution is -0.282. The molecule has 11 nitrogen and oxygen atoms in total. The van der Waals surface area contributed by atoms with Gasteiger partial charge in [0.2, 0.25) is 0 Å². The molecule has 5 unspecified atom stereocenters. The number of nitrogens with one attached hydrogen (secondary N) is 2. The van der Waals surface area contributed by atoms with Gasteiger partial charge < -0.3 is 39.2 Å². The van der Waals surface area contributed by atoms with Gasteiger partial charge in [0.1, 0.15) is 18.0 Å². The number of alkyl carbamates (subject to hydrolysis) is 1. The zero-order valence-electron chi connectivity index (χ0n) is 28.1. The van der Waals surface area contributed by atoms with Crippen molar-refractivity contribution >= 4 is 17.8 Å². The molecule has 3 rings (SSSR count). The molecule has 43 heavy (non-hydrogen) atoms. The minimum Gasteiger partial charge on any atom is -0.462 e. The van der Waals surface area contributed by atoms with Gasteiger partial charge in [-0.15, -0.1) is 0 Å². The Kier molecular flexibility index (Phi) is 12.8. The number of carbonyl (C=O) groups is 3. The number of nitrogens with zero attached hydrogens (tertiary/aromatic N) is 1. The number of methoxy groups -OCH3 is 1. The summed E-state index contributed by atoms with van der Waals surface area (Å²) in [5, 5.41) is 6.04. The number of fused-ring (bicyclic) bond motifs is 2. The average Bonchev–Trinajstić information content (AvgIpc) is 2.90. The Hall–Kier alpha value is -1.79. The minimum absolute atomic E-state index is 0.0101. The van der Waals surface area contributed by atoms with Gasteiger partial charge in [0, 0.05) is 37.8 Å². The number of cyclic esters (lactones) is 1. The fraction of sp³-hybridized carbons (Fsp3) is 0.906. The molecule has 3 saturated heterocycles. The molecule has 3 aliphatic rings. The molecule has 0 aromatic rings. The molecule has 0 aromatic carbocycles. The van der Waals surface area contributed by atoms with E-state index >= 15 is 0 Å². The Morgan fingerprint density at radius 3 is 2.16 bits per heavy atom. The van der Waals surface area contributed by atoms with Crippen LogP contribution in [0.3, 0.4) is 0 Å². The van der Waals surface area contributed by atoms with Crippen LogP contribution in [-0.2, 0) is 33.3 Å². The third-order valence-corrected chi connectivity index (χ3v) is 10.0. The molecule has 3 heterocycles. The van der Waals surface area contributed by atoms with Crippen molar-refractivity contribution in [1.82, 2.24) is 15.5 Å². The van der Waals surface area contributed by atoms with Crippen LogP contribution >= 0.6 is 0 Å². The normalized spacial score (nSPS) is 44.0. The molecule has 248 valence electrons. The second-order valence-electron chi connectivity index (χ2n) is 13.7. The molecule has 0 aliphatic carbocycles. The van der Waals surface area contributed by atoms with Gasteiger partial charge in [0.05, 0.1) is 36.8 Å². The second-order valence-corrected chi connectivity index (χ2v) is 13.7. The summed E-state index contributed by atoms with van der Waals surface area (Å²) in [6, 6.07) is -0.504. The Morgan fingerprint density at radius 1 is 0.884 bits per heavy atom. The highest BCUT2D eigenvalue weighted by molar-refractivity contribution is 5.82. The highest BCUT2D eigenvalue weighted by atomic mass is 16.7. The molecular weight excluding hydrogens is 554 g/mol. The number of Topliss-reactive ketones (excluding diaryl/α,β-unsaturated/α-hetero) is 1. The monoisotopic (exact) mass is 611 g/mol. The van der Waals surface area contributed by atoms with Crippen molar-refractivity contribution in [1.29, 1.82) is 0 Å². The van der Waals surface area contributed by atoms with Crippen molar-refractivity contribution in [3.8, 4) is 0 Å². The standard InChI is InChI=1S/C32H57N3O8/c1-16-12-17(2)30(43-31-21(6)28(35(9)10)20(5)22(7)41-31)29(39-11)18(3)13-26(37)40-19(4)14-25-27(33-8)23(15-24(16)36)34-32(38)42-25/h16-23,25,27-31,33H,12-15H2,1-11H3,(H,34,38)/t16-,17+,18-,19-,20?,21?,22?,23+,25-,27+,28?,29+,30+,31?/m1/s1. The molecule has 2 bridgehead atoms. The molecule has 11 heteroatoms. The molecule has 0 saturated carbocycles. The number of ether oxygens (including phenoxy) is 5. The van der Waals surface area contributed by atoms with Gasteiger partial charge in [0.25, 0.3) is 0 Å². The van der Waals surface area contributed by atoms with Crippen LogP contribution in [0.2, 0.25) is 0 Å². The average molecular weight is 612 g/mol. The van der Waals surface area contributed by atoms with E-state index < -0.39 is 42.8 Å². The van der Waals surface area contributed by atoms with E-state index in [2.05, 4.69) is 57.3 Å². The van der Waals surface area contributed by atoms with Crippen LogP contribution in [0.15, 0.2) is 0 Å². The quantitative estimate of drug-likeness (QED) is 0.447. The largest absolute Gasteiger partial charge is 0.462 e. The predicted molar refractivity (Wildman–Crippen MR) is 162 cm³/mol. The predicted octanol–water partition coefficient (Wildman–Crippen LogP) is 3.38. The summed E-state index contributed by atoms with van der Waals surface area (Å²) >= 11 is 0. The zero-order valence-corrected chi connectivity index (χ0v) is 28.1. The highest BCUT2D eigenvalue weighted by Crippen LogP contribution is 2.37. The van der Waals surface area contributed by atoms with Gasteiger partial charge in [0.15, 0.2) is 6.29 Å². The van der Waals surface area contributed by atoms with Crippen molar-refractivity contribution in [2.75, 3.05) is 28.3 Å². The van der Waals surface area contributed by atoms with E-state index in [9.17, 15) is 14.4 Å². The lowest BCUT2D eigenvalue weighted by atomic mass is 9.81. The van der Waals surface area contributed by atoms with Crippen LogP contribution in [0, 0.1) is 29.6 Å². The number of hydrogen-bond acceptors (Lipinski definition) is 10. The fourth-order valence-electron chi connectivity index (χ4n) is 7.63. The van der Waals surface area contributed by atoms with E-state index in [1.165, 1.54) is 0 Å². The molecule has 0 aromatic heterocycles. The van der Waals surface area contributed by atoms with Crippen LogP contribution in [-0.4, -0.2) is 106 Å². The lowest BCUT2D eigenvalue weighted by Crippen LogP contribution is -2.62. The minimum atomic E-state index is -0.568. The second kappa shape index (κ2) is 15.5. The first-order valence-electron chi connectivity index (χ1n) is 16.0. The third-order valence-electron chi connectivity index (χ3n) is 10.0. The molecule has 2 N–H and O–H groups in total. The molecule has 0 radical (unpaired) electrons. The Bertz CT molecular complexity index is 950. The van der Waals surface area contributed by atoms with Crippen molar-refractivity contribution in [3.63, 3.8) is 0 Å². The van der Waals surface area contributed by atoms with Gasteiger partial charge in [-0.2, -0.15) is 0 Å². The number of rotatable bonds is 5. The molecule has 1 amide bonds. The number of carbonyl (C=O) groups excluding carboxylic acids is 3. The Labute approximate surface area is 258 Å². The summed E-state index contributed by atoms with van der Waals surface area (Å²) in [6.07, 6.45) is -1.83. The van der Waals surface area contributed by atoms with E-state index in [4.69, 9.17) is 23.7 Å². The van der Waals surface area contributed by atoms with E-state index in [0.717, 1.165) is 0 Å². The first kappa shape index (κ1) is 35.7. The van der Waals surface area contributed by atoms with Crippen LogP contribution in [0.25, 0.3) is 0 Å². The summed E-state index contributed by atoms with van der Waals surface area (Å²) in [4.78, 5) is 41.4. The van der Waals surface area contributed by atoms with Crippen LogP contribution in [0.4, 0.5) is 4.79 Å². The van der Waals surface area contributed by atoms with Crippen molar-refractivity contribution in [3.05, 3.63) is 0 Å². The first-order valence-corrected chi connectivity index (χ1v) is 16.0. The van der Waals surface area contributed by atoms with Crippen molar-refractivity contribution in [2.24, 2.45) is 29.6 Å². The molecular formula is C32H57N3O8. The van der Waals surface area contributed by atoms with Crippen molar-refractivity contribution < 1.29 is 38.1 Å². The summed E-state index contributed by atoms with van der Waals surface area (Å²) in [5.74, 6) is -0.522. The first-order chi connectivity index (χ1) is 20.2. The number of ketones is 1. The van der Waals surface area contributed by atoms with E-state index in [-0.39, 0.29) is 66.5 Å². The summed E-state index contributed by atoms with van der Waals surface area (Å²) in [7, 11) is 7.59. The maximum atomic E-state index is 13.6. The maximum Gasteiger partial charge on any atom is 0.407 e. The van der Waals surface area contributed by atoms with Crippen LogP contribution in [0.1, 0.15) is 74.1 Å². The van der Waals surface area contributed by atoms with Crippen LogP contribution in [0.5, 0.6) is 0 Å². The summed E-state index contributed by atoms with van der Waals surface area (Å²) < 4.78 is 30.8. The molecule has 3 fully saturated rings. The van der Waals surface area contributed by atoms with Gasteiger partial charge in [-0.3, -0.25) is 9.59 Å². The SMILES string of the molecule is CN[C@H]1[C@@H]2CC(=O)[C@H](C)C[C@H](C)[C@H](OC3OC(C)C(C)C(N(C)C)C3C)[C@@H](OC)[C@H](C)CC(=O)O[C@H](C)C[C@H]1OC(=O)N2. The van der Waals surface area contributed by atoms with Gasteiger partial charge in [-0.1, -0.05) is 34.6 Å². The number of hydrogen-bond donors (Lipinski definition) is 2. The van der Waals surface area contributed by atoms with Crippen LogP contribution < -0.4 is 10.6 Å². The Morgan fingerprint density at radius 2 is 1.56 bits per heavy atom. The number of likely N-dealkylation sites (N-methyl/N-ethyl adjacent to an activating group) is 1. The van der Waals surface area contributed by atoms with Gasteiger partial charge in [-0.25, -0.2) is 4.79 Å². The molecule has 14 atom stereocenters. The zero-order chi connectivity index (χ0) is 32.2. The van der Waals surface area contributed by atoms with Crippen molar-refractivity contribution in [2.45, 2.75) is 129 Å². The number of esters is 1. The summed E-state index contributed by atoms with van der Waals surface area (Å²) in [5.41, 5.74) is 0. The molecule has 3 aliphatic heterocycles. The smallest absolute Gasteiger partial charge is 0.407 e. The maximum absolute atomic E-state index is 13.6. The number of amides is 1. The van der Waals surface area contributed by atoms with E-state index in [0.29, 0.717) is 18.8 Å². The van der Waals surface area contributed by atoms with Gasteiger partial charge in [-0.05, 0) is 59.2 Å². The lowest BCUT2D eigenvalue weighted by Gasteiger charge is -2.48. The van der Waals surface area contributed by atoms with E-state index in [1.807, 2.05) is 13.8 Å². The van der Waals surface area contributed by atoms with Gasteiger partial charge >= 0.3 is 12.1 Å². The Balaban J connectivity index is 1.93.